The lowest BCUT2D eigenvalue weighted by Gasteiger charge is -2.20. The Morgan fingerprint density at radius 2 is 1.84 bits per heavy atom. The zero-order chi connectivity index (χ0) is 14.1. The second-order valence-electron chi connectivity index (χ2n) is 5.49. The van der Waals surface area contributed by atoms with Gasteiger partial charge in [0.1, 0.15) is 0 Å². The second kappa shape index (κ2) is 8.91. The second-order valence-corrected chi connectivity index (χ2v) is 5.49. The monoisotopic (exact) mass is 270 g/mol. The van der Waals surface area contributed by atoms with Gasteiger partial charge in [0, 0.05) is 12.5 Å². The van der Waals surface area contributed by atoms with Crippen LogP contribution >= 0.6 is 0 Å². The number of hydrogen-bond acceptors (Lipinski definition) is 3. The van der Waals surface area contributed by atoms with Gasteiger partial charge in [-0.25, -0.2) is 0 Å². The van der Waals surface area contributed by atoms with E-state index in [9.17, 15) is 9.59 Å². The van der Waals surface area contributed by atoms with Crippen LogP contribution in [0.2, 0.25) is 0 Å². The largest absolute Gasteiger partial charge is 0.481 e. The highest BCUT2D eigenvalue weighted by molar-refractivity contribution is 5.78. The molecule has 0 heterocycles. The van der Waals surface area contributed by atoms with Crippen molar-refractivity contribution in [3.63, 3.8) is 0 Å². The lowest BCUT2D eigenvalue weighted by Crippen LogP contribution is -2.41. The van der Waals surface area contributed by atoms with Crippen molar-refractivity contribution in [2.75, 3.05) is 20.1 Å². The van der Waals surface area contributed by atoms with Crippen LogP contribution in [0.25, 0.3) is 0 Å². The summed E-state index contributed by atoms with van der Waals surface area (Å²) >= 11 is 0. The molecule has 0 radical (unpaired) electrons. The number of aliphatic carboxylic acids is 1. The average Bonchev–Trinajstić information content (AvgIpc) is 2.56. The average molecular weight is 270 g/mol. The number of hydrogen-bond donors (Lipinski definition) is 2. The van der Waals surface area contributed by atoms with E-state index < -0.39 is 5.97 Å². The summed E-state index contributed by atoms with van der Waals surface area (Å²) in [5.41, 5.74) is 0. The van der Waals surface area contributed by atoms with Crippen molar-refractivity contribution < 1.29 is 14.7 Å². The minimum absolute atomic E-state index is 0.0599. The number of amides is 1. The van der Waals surface area contributed by atoms with E-state index in [1.165, 1.54) is 25.7 Å². The Morgan fingerprint density at radius 3 is 2.42 bits per heavy atom. The lowest BCUT2D eigenvalue weighted by atomic mass is 10.1. The maximum absolute atomic E-state index is 11.9. The third-order valence-corrected chi connectivity index (χ3v) is 3.56. The molecule has 0 atom stereocenters. The Morgan fingerprint density at radius 1 is 1.21 bits per heavy atom. The van der Waals surface area contributed by atoms with Gasteiger partial charge in [0.25, 0.3) is 0 Å². The van der Waals surface area contributed by atoms with E-state index in [1.54, 1.807) is 0 Å². The van der Waals surface area contributed by atoms with Crippen LogP contribution in [0.5, 0.6) is 0 Å². The minimum Gasteiger partial charge on any atom is -0.481 e. The molecule has 1 aliphatic rings. The Bertz CT molecular complexity index is 286. The van der Waals surface area contributed by atoms with Crippen LogP contribution < -0.4 is 5.32 Å². The molecule has 1 rings (SSSR count). The standard InChI is InChI=1S/C14H26N2O3/c1-16(10-6-9-14(18)19)11-13(17)15-12-7-4-2-3-5-8-12/h12H,2-11H2,1H3,(H,15,17)(H,18,19). The van der Waals surface area contributed by atoms with Gasteiger partial charge in [-0.15, -0.1) is 0 Å². The molecule has 1 fully saturated rings. The molecule has 0 unspecified atom stereocenters. The van der Waals surface area contributed by atoms with Crippen LogP contribution in [0.3, 0.4) is 0 Å². The highest BCUT2D eigenvalue weighted by atomic mass is 16.4. The van der Waals surface area contributed by atoms with Crippen molar-refractivity contribution in [1.82, 2.24) is 10.2 Å². The molecule has 0 aromatic carbocycles. The van der Waals surface area contributed by atoms with E-state index in [-0.39, 0.29) is 12.3 Å². The van der Waals surface area contributed by atoms with E-state index in [2.05, 4.69) is 5.32 Å². The molecule has 2 N–H and O–H groups in total. The number of carbonyl (C=O) groups is 2. The van der Waals surface area contributed by atoms with Gasteiger partial charge >= 0.3 is 5.97 Å². The quantitative estimate of drug-likeness (QED) is 0.690. The summed E-state index contributed by atoms with van der Waals surface area (Å²) in [7, 11) is 1.86. The number of carbonyl (C=O) groups excluding carboxylic acids is 1. The summed E-state index contributed by atoms with van der Waals surface area (Å²) in [5, 5.41) is 11.6. The van der Waals surface area contributed by atoms with Gasteiger partial charge in [0.15, 0.2) is 0 Å². The first-order valence-corrected chi connectivity index (χ1v) is 7.27. The van der Waals surface area contributed by atoms with Crippen molar-refractivity contribution >= 4 is 11.9 Å². The smallest absolute Gasteiger partial charge is 0.303 e. The molecule has 0 bridgehead atoms. The van der Waals surface area contributed by atoms with Crippen LogP contribution in [0.15, 0.2) is 0 Å². The molecule has 19 heavy (non-hydrogen) atoms. The number of likely N-dealkylation sites (N-methyl/N-ethyl adjacent to an activating group) is 1. The van der Waals surface area contributed by atoms with Crippen molar-refractivity contribution in [1.29, 1.82) is 0 Å². The van der Waals surface area contributed by atoms with Crippen LogP contribution in [-0.4, -0.2) is 48.1 Å². The molecule has 110 valence electrons. The molecule has 0 aromatic rings. The van der Waals surface area contributed by atoms with Gasteiger partial charge in [-0.2, -0.15) is 0 Å². The van der Waals surface area contributed by atoms with Crippen molar-refractivity contribution in [3.05, 3.63) is 0 Å². The fourth-order valence-electron chi connectivity index (χ4n) is 2.52. The van der Waals surface area contributed by atoms with Gasteiger partial charge in [-0.3, -0.25) is 14.5 Å². The third kappa shape index (κ3) is 7.82. The first-order chi connectivity index (χ1) is 9.08. The highest BCUT2D eigenvalue weighted by Crippen LogP contribution is 2.17. The molecule has 1 aliphatic carbocycles. The van der Waals surface area contributed by atoms with Gasteiger partial charge in [0.2, 0.25) is 5.91 Å². The third-order valence-electron chi connectivity index (χ3n) is 3.56. The number of nitrogens with one attached hydrogen (secondary N) is 1. The summed E-state index contributed by atoms with van der Waals surface area (Å²) in [4.78, 5) is 24.1. The van der Waals surface area contributed by atoms with Crippen molar-refractivity contribution in [2.24, 2.45) is 0 Å². The fraction of sp³-hybridized carbons (Fsp3) is 0.857. The molecular weight excluding hydrogens is 244 g/mol. The molecule has 1 saturated carbocycles. The van der Waals surface area contributed by atoms with Crippen LogP contribution in [0.1, 0.15) is 51.4 Å². The molecule has 0 spiro atoms. The summed E-state index contributed by atoms with van der Waals surface area (Å²) in [5.74, 6) is -0.721. The summed E-state index contributed by atoms with van der Waals surface area (Å²) < 4.78 is 0. The molecule has 0 aromatic heterocycles. The number of nitrogens with zero attached hydrogens (tertiary/aromatic N) is 1. The van der Waals surface area contributed by atoms with Crippen molar-refractivity contribution in [3.8, 4) is 0 Å². The molecule has 0 aliphatic heterocycles. The van der Waals surface area contributed by atoms with Gasteiger partial charge < -0.3 is 10.4 Å². The SMILES string of the molecule is CN(CCCC(=O)O)CC(=O)NC1CCCCCC1. The zero-order valence-electron chi connectivity index (χ0n) is 11.9. The minimum atomic E-state index is -0.781. The molecule has 1 amide bonds. The first kappa shape index (κ1) is 16.0. The number of carboxylic acids is 1. The summed E-state index contributed by atoms with van der Waals surface area (Å²) in [6, 6.07) is 0.336. The van der Waals surface area contributed by atoms with Gasteiger partial charge in [0.05, 0.1) is 6.54 Å². The van der Waals surface area contributed by atoms with E-state index in [0.29, 0.717) is 25.6 Å². The predicted octanol–water partition coefficient (Wildman–Crippen LogP) is 1.62. The first-order valence-electron chi connectivity index (χ1n) is 7.27. The van der Waals surface area contributed by atoms with Crippen LogP contribution in [0.4, 0.5) is 0 Å². The topological polar surface area (TPSA) is 69.6 Å². The normalized spacial score (nSPS) is 17.2. The number of rotatable bonds is 7. The van der Waals surface area contributed by atoms with E-state index in [4.69, 9.17) is 5.11 Å². The zero-order valence-corrected chi connectivity index (χ0v) is 11.9. The Kier molecular flexibility index (Phi) is 7.48. The molecule has 0 saturated heterocycles. The molecular formula is C14H26N2O3. The lowest BCUT2D eigenvalue weighted by molar-refractivity contribution is -0.137. The van der Waals surface area contributed by atoms with Crippen molar-refractivity contribution in [2.45, 2.75) is 57.4 Å². The molecule has 5 nitrogen and oxygen atoms in total. The Labute approximate surface area is 115 Å². The summed E-state index contributed by atoms with van der Waals surface area (Å²) in [6.07, 6.45) is 7.90. The fourth-order valence-corrected chi connectivity index (χ4v) is 2.52. The van der Waals surface area contributed by atoms with Gasteiger partial charge in [-0.05, 0) is 32.9 Å². The highest BCUT2D eigenvalue weighted by Gasteiger charge is 2.15. The van der Waals surface area contributed by atoms with Crippen LogP contribution in [0, 0.1) is 0 Å². The summed E-state index contributed by atoms with van der Waals surface area (Å²) in [6.45, 7) is 1.00. The van der Waals surface area contributed by atoms with E-state index in [1.807, 2.05) is 11.9 Å². The Hall–Kier alpha value is -1.10. The maximum Gasteiger partial charge on any atom is 0.303 e. The Balaban J connectivity index is 2.16. The maximum atomic E-state index is 11.9. The number of carboxylic acid groups (broad SMARTS) is 1. The predicted molar refractivity (Wildman–Crippen MR) is 74.0 cm³/mol. The van der Waals surface area contributed by atoms with Crippen LogP contribution in [-0.2, 0) is 9.59 Å². The molecule has 5 heteroatoms. The van der Waals surface area contributed by atoms with E-state index in [0.717, 1.165) is 12.8 Å². The van der Waals surface area contributed by atoms with Gasteiger partial charge in [-0.1, -0.05) is 25.7 Å². The van der Waals surface area contributed by atoms with E-state index >= 15 is 0 Å².